The second-order valence-corrected chi connectivity index (χ2v) is 9.87. The third kappa shape index (κ3) is 5.55. The van der Waals surface area contributed by atoms with E-state index in [2.05, 4.69) is 28.9 Å². The molecular weight excluding hydrogens is 386 g/mol. The van der Waals surface area contributed by atoms with Crippen molar-refractivity contribution in [3.05, 3.63) is 53.2 Å². The van der Waals surface area contributed by atoms with E-state index in [9.17, 15) is 8.42 Å². The van der Waals surface area contributed by atoms with Gasteiger partial charge in [0.15, 0.2) is 14.9 Å². The van der Waals surface area contributed by atoms with Crippen molar-refractivity contribution in [2.45, 2.75) is 25.3 Å². The van der Waals surface area contributed by atoms with E-state index < -0.39 is 9.84 Å². The average Bonchev–Trinajstić information content (AvgIpc) is 3.03. The Hall–Kier alpha value is -2.43. The number of nitrogens with zero attached hydrogens (tertiary/aromatic N) is 3. The molecule has 2 heterocycles. The van der Waals surface area contributed by atoms with Gasteiger partial charge >= 0.3 is 0 Å². The lowest BCUT2D eigenvalue weighted by molar-refractivity contribution is 0.224. The molecule has 6 nitrogen and oxygen atoms in total. The van der Waals surface area contributed by atoms with E-state index in [0.717, 1.165) is 32.3 Å². The van der Waals surface area contributed by atoms with Crippen molar-refractivity contribution < 1.29 is 13.2 Å². The maximum absolute atomic E-state index is 11.7. The van der Waals surface area contributed by atoms with Crippen molar-refractivity contribution in [2.75, 3.05) is 32.5 Å². The molecule has 1 aliphatic rings. The van der Waals surface area contributed by atoms with Gasteiger partial charge in [-0.05, 0) is 48.6 Å². The van der Waals surface area contributed by atoms with Crippen molar-refractivity contribution >= 4 is 9.84 Å². The van der Waals surface area contributed by atoms with Crippen LogP contribution in [0.15, 0.2) is 41.6 Å². The minimum absolute atomic E-state index is 0.103. The SMILES string of the molecule is Cc1cc(OC[C@@H]2CN(CCc3cccc(C#N)c3)C[C@H]2C)cnc1S(C)(=O)=O. The summed E-state index contributed by atoms with van der Waals surface area (Å²) >= 11 is 0. The van der Waals surface area contributed by atoms with Crippen molar-refractivity contribution in [1.82, 2.24) is 9.88 Å². The molecule has 0 spiro atoms. The topological polar surface area (TPSA) is 83.3 Å². The van der Waals surface area contributed by atoms with Gasteiger partial charge in [0.25, 0.3) is 0 Å². The molecular formula is C22H27N3O3S. The Morgan fingerprint density at radius 1 is 1.31 bits per heavy atom. The summed E-state index contributed by atoms with van der Waals surface area (Å²) in [5, 5.41) is 9.13. The summed E-state index contributed by atoms with van der Waals surface area (Å²) in [6.07, 6.45) is 3.57. The zero-order chi connectivity index (χ0) is 21.0. The molecule has 0 bridgehead atoms. The minimum Gasteiger partial charge on any atom is -0.492 e. The Bertz CT molecular complexity index is 1010. The first kappa shape index (κ1) is 21.3. The van der Waals surface area contributed by atoms with Crippen molar-refractivity contribution in [3.63, 3.8) is 0 Å². The number of sulfone groups is 1. The van der Waals surface area contributed by atoms with E-state index in [1.165, 1.54) is 11.8 Å². The average molecular weight is 414 g/mol. The van der Waals surface area contributed by atoms with Crippen LogP contribution in [0.4, 0.5) is 0 Å². The Morgan fingerprint density at radius 2 is 2.10 bits per heavy atom. The summed E-state index contributed by atoms with van der Waals surface area (Å²) in [6.45, 7) is 7.50. The summed E-state index contributed by atoms with van der Waals surface area (Å²) in [6, 6.07) is 11.7. The molecule has 1 aromatic heterocycles. The number of benzene rings is 1. The van der Waals surface area contributed by atoms with Gasteiger partial charge in [0.05, 0.1) is 24.4 Å². The van der Waals surface area contributed by atoms with E-state index >= 15 is 0 Å². The molecule has 0 aliphatic carbocycles. The number of aryl methyl sites for hydroxylation is 1. The Kier molecular flexibility index (Phi) is 6.56. The standard InChI is InChI=1S/C22H27N3O3S/c1-16-9-21(12-24-22(16)29(3,26)27)28-15-20-14-25(13-17(20)2)8-7-18-5-4-6-19(10-18)11-23/h4-6,9-10,12,17,20H,7-8,13-15H2,1-3H3/t17-,20+/m1/s1. The summed E-state index contributed by atoms with van der Waals surface area (Å²) in [5.74, 6) is 1.54. The van der Waals surface area contributed by atoms with Crippen molar-refractivity contribution in [2.24, 2.45) is 11.8 Å². The molecule has 29 heavy (non-hydrogen) atoms. The van der Waals surface area contributed by atoms with Gasteiger partial charge in [-0.25, -0.2) is 13.4 Å². The van der Waals surface area contributed by atoms with Crippen LogP contribution in [-0.4, -0.2) is 50.8 Å². The second kappa shape index (κ2) is 8.93. The predicted molar refractivity (Wildman–Crippen MR) is 112 cm³/mol. The Morgan fingerprint density at radius 3 is 2.79 bits per heavy atom. The number of pyridine rings is 1. The molecule has 3 rings (SSSR count). The summed E-state index contributed by atoms with van der Waals surface area (Å²) in [4.78, 5) is 6.50. The highest BCUT2D eigenvalue weighted by atomic mass is 32.2. The molecule has 0 amide bonds. The lowest BCUT2D eigenvalue weighted by atomic mass is 9.99. The lowest BCUT2D eigenvalue weighted by Crippen LogP contribution is -2.24. The molecule has 1 fully saturated rings. The number of ether oxygens (including phenoxy) is 1. The quantitative estimate of drug-likeness (QED) is 0.694. The van der Waals surface area contributed by atoms with Gasteiger partial charge in [-0.1, -0.05) is 19.1 Å². The molecule has 154 valence electrons. The molecule has 0 unspecified atom stereocenters. The first-order valence-electron chi connectivity index (χ1n) is 9.77. The van der Waals surface area contributed by atoms with Crippen LogP contribution in [-0.2, 0) is 16.3 Å². The van der Waals surface area contributed by atoms with Gasteiger partial charge in [0.2, 0.25) is 0 Å². The van der Waals surface area contributed by atoms with Crippen LogP contribution in [0.3, 0.4) is 0 Å². The van der Waals surface area contributed by atoms with Crippen LogP contribution in [0.1, 0.15) is 23.6 Å². The molecule has 0 radical (unpaired) electrons. The number of hydrogen-bond donors (Lipinski definition) is 0. The van der Waals surface area contributed by atoms with Gasteiger partial charge in [-0.2, -0.15) is 5.26 Å². The smallest absolute Gasteiger partial charge is 0.193 e. The Balaban J connectivity index is 1.52. The van der Waals surface area contributed by atoms with Crippen LogP contribution in [0.2, 0.25) is 0 Å². The van der Waals surface area contributed by atoms with Gasteiger partial charge < -0.3 is 9.64 Å². The zero-order valence-electron chi connectivity index (χ0n) is 17.1. The number of rotatable bonds is 7. The van der Waals surface area contributed by atoms with Gasteiger partial charge in [-0.3, -0.25) is 0 Å². The summed E-state index contributed by atoms with van der Waals surface area (Å²) in [7, 11) is -3.32. The fraction of sp³-hybridized carbons (Fsp3) is 0.455. The monoisotopic (exact) mass is 413 g/mol. The van der Waals surface area contributed by atoms with E-state index in [-0.39, 0.29) is 5.03 Å². The molecule has 1 saturated heterocycles. The highest BCUT2D eigenvalue weighted by molar-refractivity contribution is 7.90. The van der Waals surface area contributed by atoms with Crippen LogP contribution < -0.4 is 4.74 Å². The van der Waals surface area contributed by atoms with Crippen molar-refractivity contribution in [3.8, 4) is 11.8 Å². The molecule has 0 saturated carbocycles. The lowest BCUT2D eigenvalue weighted by Gasteiger charge is -2.17. The summed E-state index contributed by atoms with van der Waals surface area (Å²) < 4.78 is 29.3. The van der Waals surface area contributed by atoms with E-state index in [0.29, 0.717) is 35.3 Å². The van der Waals surface area contributed by atoms with Gasteiger partial charge in [0, 0.05) is 31.8 Å². The maximum Gasteiger partial charge on any atom is 0.193 e. The molecule has 0 N–H and O–H groups in total. The second-order valence-electron chi connectivity index (χ2n) is 7.94. The van der Waals surface area contributed by atoms with Crippen LogP contribution >= 0.6 is 0 Å². The normalized spacial score (nSPS) is 19.8. The fourth-order valence-corrected chi connectivity index (χ4v) is 4.72. The number of nitriles is 1. The zero-order valence-corrected chi connectivity index (χ0v) is 17.9. The number of aromatic nitrogens is 1. The summed E-state index contributed by atoms with van der Waals surface area (Å²) in [5.41, 5.74) is 2.49. The number of hydrogen-bond acceptors (Lipinski definition) is 6. The molecule has 7 heteroatoms. The van der Waals surface area contributed by atoms with Gasteiger partial charge in [-0.15, -0.1) is 0 Å². The van der Waals surface area contributed by atoms with Crippen molar-refractivity contribution in [1.29, 1.82) is 5.26 Å². The first-order chi connectivity index (χ1) is 13.8. The molecule has 2 aromatic rings. The molecule has 1 aliphatic heterocycles. The van der Waals surface area contributed by atoms with Crippen LogP contribution in [0, 0.1) is 30.1 Å². The van der Waals surface area contributed by atoms with E-state index in [1.807, 2.05) is 18.2 Å². The van der Waals surface area contributed by atoms with Gasteiger partial charge in [0.1, 0.15) is 5.75 Å². The van der Waals surface area contributed by atoms with Crippen LogP contribution in [0.5, 0.6) is 5.75 Å². The highest BCUT2D eigenvalue weighted by Crippen LogP contribution is 2.25. The predicted octanol–water partition coefficient (Wildman–Crippen LogP) is 2.85. The third-order valence-electron chi connectivity index (χ3n) is 5.44. The van der Waals surface area contributed by atoms with Crippen LogP contribution in [0.25, 0.3) is 0 Å². The first-order valence-corrected chi connectivity index (χ1v) is 11.7. The van der Waals surface area contributed by atoms with E-state index in [1.54, 1.807) is 13.0 Å². The number of likely N-dealkylation sites (tertiary alicyclic amines) is 1. The maximum atomic E-state index is 11.7. The third-order valence-corrected chi connectivity index (χ3v) is 6.57. The highest BCUT2D eigenvalue weighted by Gasteiger charge is 2.29. The Labute approximate surface area is 173 Å². The van der Waals surface area contributed by atoms with E-state index in [4.69, 9.17) is 10.00 Å². The fourth-order valence-electron chi connectivity index (χ4n) is 3.83. The minimum atomic E-state index is -3.32. The largest absolute Gasteiger partial charge is 0.492 e. The molecule has 2 atom stereocenters. The molecule has 1 aromatic carbocycles.